The van der Waals surface area contributed by atoms with Crippen molar-refractivity contribution in [1.29, 1.82) is 0 Å². The van der Waals surface area contributed by atoms with Gasteiger partial charge in [0.1, 0.15) is 0 Å². The van der Waals surface area contributed by atoms with Gasteiger partial charge >= 0.3 is 6.09 Å². The Balaban J connectivity index is 2.11. The standard InChI is InChI=1S/C13H20N4O2/c1-8-7-9(2)15-12(14-8)16-11-5-4-6-17(10(11)3)13(18)19/h7,10-11H,4-6H2,1-3H3,(H,18,19)(H,14,15,16). The Kier molecular flexibility index (Phi) is 3.87. The number of anilines is 1. The van der Waals surface area contributed by atoms with Crippen molar-refractivity contribution in [3.05, 3.63) is 17.5 Å². The fourth-order valence-electron chi connectivity index (χ4n) is 2.56. The topological polar surface area (TPSA) is 78.4 Å². The van der Waals surface area contributed by atoms with Crippen LogP contribution in [0.3, 0.4) is 0 Å². The molecule has 104 valence electrons. The summed E-state index contributed by atoms with van der Waals surface area (Å²) in [5, 5.41) is 12.4. The lowest BCUT2D eigenvalue weighted by Crippen LogP contribution is -2.51. The van der Waals surface area contributed by atoms with Crippen molar-refractivity contribution in [2.45, 2.75) is 45.7 Å². The third kappa shape index (κ3) is 3.13. The van der Waals surface area contributed by atoms with Crippen LogP contribution in [-0.2, 0) is 0 Å². The molecule has 0 spiro atoms. The second kappa shape index (κ2) is 5.42. The largest absolute Gasteiger partial charge is 0.465 e. The van der Waals surface area contributed by atoms with Crippen LogP contribution in [0.15, 0.2) is 6.07 Å². The van der Waals surface area contributed by atoms with Gasteiger partial charge in [0, 0.05) is 24.0 Å². The summed E-state index contributed by atoms with van der Waals surface area (Å²) in [4.78, 5) is 21.3. The smallest absolute Gasteiger partial charge is 0.407 e. The number of hydrogen-bond acceptors (Lipinski definition) is 4. The first-order valence-corrected chi connectivity index (χ1v) is 6.56. The van der Waals surface area contributed by atoms with Gasteiger partial charge in [-0.1, -0.05) is 0 Å². The van der Waals surface area contributed by atoms with Crippen molar-refractivity contribution >= 4 is 12.0 Å². The number of amides is 1. The van der Waals surface area contributed by atoms with Crippen molar-refractivity contribution in [3.63, 3.8) is 0 Å². The molecule has 2 N–H and O–H groups in total. The Labute approximate surface area is 112 Å². The van der Waals surface area contributed by atoms with Gasteiger partial charge in [-0.25, -0.2) is 14.8 Å². The number of carbonyl (C=O) groups is 1. The molecular formula is C13H20N4O2. The lowest BCUT2D eigenvalue weighted by Gasteiger charge is -2.37. The number of aromatic nitrogens is 2. The van der Waals surface area contributed by atoms with Gasteiger partial charge in [-0.2, -0.15) is 0 Å². The molecule has 2 atom stereocenters. The maximum Gasteiger partial charge on any atom is 0.407 e. The minimum absolute atomic E-state index is 0.0612. The van der Waals surface area contributed by atoms with Gasteiger partial charge in [0.25, 0.3) is 0 Å². The van der Waals surface area contributed by atoms with Crippen LogP contribution in [0.5, 0.6) is 0 Å². The molecule has 6 heteroatoms. The first-order valence-electron chi connectivity index (χ1n) is 6.56. The molecule has 0 aliphatic carbocycles. The average Bonchev–Trinajstić information content (AvgIpc) is 2.30. The fourth-order valence-corrected chi connectivity index (χ4v) is 2.56. The van der Waals surface area contributed by atoms with Gasteiger partial charge in [-0.05, 0) is 39.7 Å². The molecule has 1 amide bonds. The van der Waals surface area contributed by atoms with Crippen LogP contribution >= 0.6 is 0 Å². The zero-order valence-corrected chi connectivity index (χ0v) is 11.6. The fraction of sp³-hybridized carbons (Fsp3) is 0.615. The molecule has 2 rings (SSSR count). The predicted molar refractivity (Wildman–Crippen MR) is 72.3 cm³/mol. The van der Waals surface area contributed by atoms with E-state index in [4.69, 9.17) is 5.11 Å². The first kappa shape index (κ1) is 13.6. The molecule has 19 heavy (non-hydrogen) atoms. The molecule has 1 fully saturated rings. The van der Waals surface area contributed by atoms with Gasteiger partial charge in [0.2, 0.25) is 5.95 Å². The van der Waals surface area contributed by atoms with Crippen molar-refractivity contribution in [1.82, 2.24) is 14.9 Å². The molecule has 0 aromatic carbocycles. The van der Waals surface area contributed by atoms with Crippen LogP contribution in [0.4, 0.5) is 10.7 Å². The number of carboxylic acid groups (broad SMARTS) is 1. The molecular weight excluding hydrogens is 244 g/mol. The molecule has 1 aliphatic rings. The Bertz CT molecular complexity index is 457. The Morgan fingerprint density at radius 1 is 1.42 bits per heavy atom. The third-order valence-electron chi connectivity index (χ3n) is 3.53. The van der Waals surface area contributed by atoms with E-state index in [0.29, 0.717) is 12.5 Å². The van der Waals surface area contributed by atoms with E-state index in [1.165, 1.54) is 4.90 Å². The SMILES string of the molecule is Cc1cc(C)nc(NC2CCCN(C(=O)O)C2C)n1. The van der Waals surface area contributed by atoms with Crippen LogP contribution in [-0.4, -0.2) is 44.7 Å². The van der Waals surface area contributed by atoms with Crippen LogP contribution in [0.1, 0.15) is 31.2 Å². The second-order valence-electron chi connectivity index (χ2n) is 5.08. The highest BCUT2D eigenvalue weighted by molar-refractivity contribution is 5.65. The van der Waals surface area contributed by atoms with Crippen LogP contribution in [0.25, 0.3) is 0 Å². The van der Waals surface area contributed by atoms with Gasteiger partial charge in [-0.3, -0.25) is 0 Å². The molecule has 1 aliphatic heterocycles. The number of nitrogens with one attached hydrogen (secondary N) is 1. The van der Waals surface area contributed by atoms with Crippen molar-refractivity contribution in [2.75, 3.05) is 11.9 Å². The van der Waals surface area contributed by atoms with E-state index in [2.05, 4.69) is 15.3 Å². The Morgan fingerprint density at radius 3 is 2.63 bits per heavy atom. The molecule has 1 aromatic rings. The summed E-state index contributed by atoms with van der Waals surface area (Å²) in [5.41, 5.74) is 1.82. The Morgan fingerprint density at radius 2 is 2.05 bits per heavy atom. The van der Waals surface area contributed by atoms with E-state index < -0.39 is 6.09 Å². The van der Waals surface area contributed by atoms with Crippen molar-refractivity contribution in [2.24, 2.45) is 0 Å². The van der Waals surface area contributed by atoms with E-state index in [-0.39, 0.29) is 12.1 Å². The first-order chi connectivity index (χ1) is 8.97. The van der Waals surface area contributed by atoms with E-state index in [1.807, 2.05) is 26.8 Å². The third-order valence-corrected chi connectivity index (χ3v) is 3.53. The minimum Gasteiger partial charge on any atom is -0.465 e. The van der Waals surface area contributed by atoms with Gasteiger partial charge < -0.3 is 15.3 Å². The van der Waals surface area contributed by atoms with Crippen LogP contribution < -0.4 is 5.32 Å². The number of rotatable bonds is 2. The molecule has 0 bridgehead atoms. The summed E-state index contributed by atoms with van der Waals surface area (Å²) in [5.74, 6) is 0.585. The summed E-state index contributed by atoms with van der Waals surface area (Å²) in [6.07, 6.45) is 0.931. The van der Waals surface area contributed by atoms with E-state index in [1.54, 1.807) is 0 Å². The zero-order chi connectivity index (χ0) is 14.0. The maximum absolute atomic E-state index is 11.1. The molecule has 1 saturated heterocycles. The average molecular weight is 264 g/mol. The van der Waals surface area contributed by atoms with Gasteiger partial charge in [0.05, 0.1) is 6.04 Å². The molecule has 0 saturated carbocycles. The van der Waals surface area contributed by atoms with Gasteiger partial charge in [-0.15, -0.1) is 0 Å². The molecule has 1 aromatic heterocycles. The molecule has 2 heterocycles. The minimum atomic E-state index is -0.861. The van der Waals surface area contributed by atoms with E-state index >= 15 is 0 Å². The highest BCUT2D eigenvalue weighted by Crippen LogP contribution is 2.20. The number of piperidine rings is 1. The quantitative estimate of drug-likeness (QED) is 0.854. The predicted octanol–water partition coefficient (Wildman–Crippen LogP) is 2.04. The molecule has 0 radical (unpaired) electrons. The summed E-state index contributed by atoms with van der Waals surface area (Å²) in [6, 6.07) is 1.90. The summed E-state index contributed by atoms with van der Waals surface area (Å²) >= 11 is 0. The van der Waals surface area contributed by atoms with E-state index in [9.17, 15) is 4.79 Å². The van der Waals surface area contributed by atoms with Crippen molar-refractivity contribution in [3.8, 4) is 0 Å². The van der Waals surface area contributed by atoms with E-state index in [0.717, 1.165) is 24.2 Å². The van der Waals surface area contributed by atoms with Crippen LogP contribution in [0.2, 0.25) is 0 Å². The molecule has 2 unspecified atom stereocenters. The maximum atomic E-state index is 11.1. The van der Waals surface area contributed by atoms with Gasteiger partial charge in [0.15, 0.2) is 0 Å². The Hall–Kier alpha value is -1.85. The lowest BCUT2D eigenvalue weighted by molar-refractivity contribution is 0.107. The number of nitrogens with zero attached hydrogens (tertiary/aromatic N) is 3. The summed E-state index contributed by atoms with van der Waals surface area (Å²) in [6.45, 7) is 6.37. The summed E-state index contributed by atoms with van der Waals surface area (Å²) < 4.78 is 0. The summed E-state index contributed by atoms with van der Waals surface area (Å²) in [7, 11) is 0. The normalized spacial score (nSPS) is 23.2. The number of likely N-dealkylation sites (tertiary alicyclic amines) is 1. The highest BCUT2D eigenvalue weighted by Gasteiger charge is 2.31. The lowest BCUT2D eigenvalue weighted by atomic mass is 9.98. The van der Waals surface area contributed by atoms with Crippen LogP contribution in [0, 0.1) is 13.8 Å². The number of hydrogen-bond donors (Lipinski definition) is 2. The highest BCUT2D eigenvalue weighted by atomic mass is 16.4. The van der Waals surface area contributed by atoms with Crippen molar-refractivity contribution < 1.29 is 9.90 Å². The monoisotopic (exact) mass is 264 g/mol. The molecule has 6 nitrogen and oxygen atoms in total. The second-order valence-corrected chi connectivity index (χ2v) is 5.08. The zero-order valence-electron chi connectivity index (χ0n) is 11.6. The number of aryl methyl sites for hydroxylation is 2.